The van der Waals surface area contributed by atoms with Gasteiger partial charge in [-0.2, -0.15) is 0 Å². The number of aliphatic carboxylic acids is 1. The molecule has 0 bridgehead atoms. The first kappa shape index (κ1) is 16.0. The summed E-state index contributed by atoms with van der Waals surface area (Å²) in [6.07, 6.45) is 2.50. The van der Waals surface area contributed by atoms with Crippen LogP contribution in [-0.4, -0.2) is 36.6 Å². The van der Waals surface area contributed by atoms with E-state index in [1.54, 1.807) is 0 Å². The molecule has 5 nitrogen and oxygen atoms in total. The van der Waals surface area contributed by atoms with E-state index in [9.17, 15) is 9.59 Å². The summed E-state index contributed by atoms with van der Waals surface area (Å²) in [4.78, 5) is 22.6. The van der Waals surface area contributed by atoms with E-state index >= 15 is 0 Å². The molecule has 1 aliphatic heterocycles. The van der Waals surface area contributed by atoms with E-state index in [0.29, 0.717) is 13.0 Å². The number of carbonyl (C=O) groups excluding carboxylic acids is 1. The van der Waals surface area contributed by atoms with E-state index in [2.05, 4.69) is 10.6 Å². The van der Waals surface area contributed by atoms with Crippen molar-refractivity contribution >= 4 is 11.9 Å². The smallest absolute Gasteiger partial charge is 0.303 e. The highest BCUT2D eigenvalue weighted by atomic mass is 16.4. The molecular weight excluding hydrogens is 244 g/mol. The first-order chi connectivity index (χ1) is 8.75. The molecule has 1 heterocycles. The molecule has 1 atom stereocenters. The molecule has 19 heavy (non-hydrogen) atoms. The highest BCUT2D eigenvalue weighted by Gasteiger charge is 2.36. The van der Waals surface area contributed by atoms with Crippen LogP contribution in [0, 0.1) is 10.8 Å². The Kier molecular flexibility index (Phi) is 5.35. The Morgan fingerprint density at radius 1 is 1.37 bits per heavy atom. The third-order valence-electron chi connectivity index (χ3n) is 4.02. The monoisotopic (exact) mass is 270 g/mol. The van der Waals surface area contributed by atoms with E-state index in [1.807, 2.05) is 20.8 Å². The number of carboxylic acids is 1. The fourth-order valence-corrected chi connectivity index (χ4v) is 2.31. The fraction of sp³-hybridized carbons (Fsp3) is 0.857. The maximum Gasteiger partial charge on any atom is 0.303 e. The highest BCUT2D eigenvalue weighted by molar-refractivity contribution is 5.82. The summed E-state index contributed by atoms with van der Waals surface area (Å²) in [5.74, 6) is -0.659. The van der Waals surface area contributed by atoms with Crippen LogP contribution in [0.5, 0.6) is 0 Å². The van der Waals surface area contributed by atoms with Gasteiger partial charge in [0.2, 0.25) is 5.91 Å². The summed E-state index contributed by atoms with van der Waals surface area (Å²) < 4.78 is 0. The molecule has 5 heteroatoms. The van der Waals surface area contributed by atoms with Gasteiger partial charge in [-0.05, 0) is 38.1 Å². The number of amides is 1. The zero-order chi connectivity index (χ0) is 14.5. The van der Waals surface area contributed by atoms with Gasteiger partial charge in [0, 0.05) is 19.5 Å². The average Bonchev–Trinajstić information content (AvgIpc) is 2.75. The lowest BCUT2D eigenvalue weighted by atomic mass is 9.84. The molecular formula is C14H26N2O3. The third-order valence-corrected chi connectivity index (χ3v) is 4.02. The number of nitrogens with one attached hydrogen (secondary N) is 2. The van der Waals surface area contributed by atoms with Crippen LogP contribution in [-0.2, 0) is 9.59 Å². The lowest BCUT2D eigenvalue weighted by Crippen LogP contribution is -2.41. The van der Waals surface area contributed by atoms with Crippen LogP contribution >= 0.6 is 0 Å². The first-order valence-electron chi connectivity index (χ1n) is 6.96. The van der Waals surface area contributed by atoms with Gasteiger partial charge >= 0.3 is 5.97 Å². The molecule has 1 fully saturated rings. The predicted molar refractivity (Wildman–Crippen MR) is 73.9 cm³/mol. The topological polar surface area (TPSA) is 78.4 Å². The summed E-state index contributed by atoms with van der Waals surface area (Å²) in [5, 5.41) is 14.9. The van der Waals surface area contributed by atoms with Crippen molar-refractivity contribution in [3.05, 3.63) is 0 Å². The van der Waals surface area contributed by atoms with Gasteiger partial charge in [0.05, 0.1) is 5.41 Å². The Labute approximate surface area is 115 Å². The number of carbonyl (C=O) groups is 2. The van der Waals surface area contributed by atoms with Gasteiger partial charge in [-0.15, -0.1) is 0 Å². The molecule has 3 N–H and O–H groups in total. The molecule has 0 radical (unpaired) electrons. The molecule has 0 aliphatic carbocycles. The van der Waals surface area contributed by atoms with Crippen LogP contribution in [0.25, 0.3) is 0 Å². The van der Waals surface area contributed by atoms with Gasteiger partial charge in [-0.3, -0.25) is 9.59 Å². The van der Waals surface area contributed by atoms with Crippen molar-refractivity contribution in [2.24, 2.45) is 10.8 Å². The lowest BCUT2D eigenvalue weighted by molar-refractivity contribution is -0.137. The van der Waals surface area contributed by atoms with Crippen LogP contribution < -0.4 is 10.6 Å². The van der Waals surface area contributed by atoms with Gasteiger partial charge in [-0.1, -0.05) is 13.8 Å². The van der Waals surface area contributed by atoms with Crippen molar-refractivity contribution in [1.82, 2.24) is 10.6 Å². The minimum atomic E-state index is -0.762. The lowest BCUT2D eigenvalue weighted by Gasteiger charge is -2.26. The van der Waals surface area contributed by atoms with Gasteiger partial charge in [0.15, 0.2) is 0 Å². The first-order valence-corrected chi connectivity index (χ1v) is 6.96. The van der Waals surface area contributed by atoms with Crippen LogP contribution in [0.2, 0.25) is 0 Å². The molecule has 1 rings (SSSR count). The number of carboxylic acid groups (broad SMARTS) is 1. The van der Waals surface area contributed by atoms with Crippen molar-refractivity contribution in [3.63, 3.8) is 0 Å². The molecule has 1 amide bonds. The van der Waals surface area contributed by atoms with Crippen LogP contribution in [0.15, 0.2) is 0 Å². The molecule has 0 saturated carbocycles. The van der Waals surface area contributed by atoms with Crippen molar-refractivity contribution in [1.29, 1.82) is 0 Å². The summed E-state index contributed by atoms with van der Waals surface area (Å²) >= 11 is 0. The van der Waals surface area contributed by atoms with Crippen LogP contribution in [0.3, 0.4) is 0 Å². The Morgan fingerprint density at radius 3 is 2.58 bits per heavy atom. The molecule has 0 aromatic heterocycles. The Bertz CT molecular complexity index is 334. The molecule has 110 valence electrons. The van der Waals surface area contributed by atoms with E-state index in [4.69, 9.17) is 5.11 Å². The van der Waals surface area contributed by atoms with E-state index in [-0.39, 0.29) is 23.2 Å². The zero-order valence-corrected chi connectivity index (χ0v) is 12.2. The number of hydrogen-bond donors (Lipinski definition) is 3. The Hall–Kier alpha value is -1.10. The quantitative estimate of drug-likeness (QED) is 0.653. The second-order valence-electron chi connectivity index (χ2n) is 6.55. The predicted octanol–water partition coefficient (Wildman–Crippen LogP) is 1.38. The largest absolute Gasteiger partial charge is 0.481 e. The Morgan fingerprint density at radius 2 is 2.05 bits per heavy atom. The van der Waals surface area contributed by atoms with E-state index in [0.717, 1.165) is 25.9 Å². The summed E-state index contributed by atoms with van der Waals surface area (Å²) in [6, 6.07) is 0. The summed E-state index contributed by atoms with van der Waals surface area (Å²) in [6.45, 7) is 8.32. The van der Waals surface area contributed by atoms with Gasteiger partial charge < -0.3 is 15.7 Å². The van der Waals surface area contributed by atoms with Crippen molar-refractivity contribution in [3.8, 4) is 0 Å². The van der Waals surface area contributed by atoms with Gasteiger partial charge in [0.1, 0.15) is 0 Å². The molecule has 1 unspecified atom stereocenters. The minimum absolute atomic E-state index is 0.0551. The zero-order valence-electron chi connectivity index (χ0n) is 12.2. The van der Waals surface area contributed by atoms with E-state index < -0.39 is 5.97 Å². The minimum Gasteiger partial charge on any atom is -0.481 e. The average molecular weight is 270 g/mol. The second-order valence-corrected chi connectivity index (χ2v) is 6.55. The SMILES string of the molecule is CC(C)(CCNC(=O)C1(C)CCNC1)CCC(=O)O. The van der Waals surface area contributed by atoms with Gasteiger partial charge in [0.25, 0.3) is 0 Å². The van der Waals surface area contributed by atoms with E-state index in [1.165, 1.54) is 0 Å². The maximum absolute atomic E-state index is 12.1. The maximum atomic E-state index is 12.1. The van der Waals surface area contributed by atoms with Crippen LogP contribution in [0.1, 0.15) is 46.5 Å². The molecule has 0 spiro atoms. The third kappa shape index (κ3) is 5.19. The standard InChI is InChI=1S/C14H26N2O3/c1-13(2,5-4-11(17)18)6-9-16-12(19)14(3)7-8-15-10-14/h15H,4-10H2,1-3H3,(H,16,19)(H,17,18). The number of hydrogen-bond acceptors (Lipinski definition) is 3. The number of rotatable bonds is 7. The van der Waals surface area contributed by atoms with Crippen molar-refractivity contribution in [2.75, 3.05) is 19.6 Å². The fourth-order valence-electron chi connectivity index (χ4n) is 2.31. The molecule has 1 saturated heterocycles. The molecule has 0 aromatic rings. The summed E-state index contributed by atoms with van der Waals surface area (Å²) in [5.41, 5.74) is -0.342. The second kappa shape index (κ2) is 6.37. The molecule has 1 aliphatic rings. The summed E-state index contributed by atoms with van der Waals surface area (Å²) in [7, 11) is 0. The normalized spacial score (nSPS) is 23.3. The molecule has 0 aromatic carbocycles. The van der Waals surface area contributed by atoms with Crippen molar-refractivity contribution in [2.45, 2.75) is 46.5 Å². The van der Waals surface area contributed by atoms with Gasteiger partial charge in [-0.25, -0.2) is 0 Å². The Balaban J connectivity index is 2.29. The van der Waals surface area contributed by atoms with Crippen molar-refractivity contribution < 1.29 is 14.7 Å². The highest BCUT2D eigenvalue weighted by Crippen LogP contribution is 2.27. The van der Waals surface area contributed by atoms with Crippen LogP contribution in [0.4, 0.5) is 0 Å².